The van der Waals surface area contributed by atoms with Crippen LogP contribution in [-0.4, -0.2) is 5.37 Å². The van der Waals surface area contributed by atoms with Crippen molar-refractivity contribution in [3.63, 3.8) is 0 Å². The molecule has 0 atom stereocenters. The molecule has 0 fully saturated rings. The fourth-order valence-corrected chi connectivity index (χ4v) is 1.89. The molecule has 0 bridgehead atoms. The van der Waals surface area contributed by atoms with Crippen LogP contribution in [0, 0.1) is 12.7 Å². The maximum absolute atomic E-state index is 13.9. The molecule has 100 valence electrons. The topological polar surface area (TPSA) is 26.0 Å². The summed E-state index contributed by atoms with van der Waals surface area (Å²) in [5, 5.41) is 1.51. The van der Waals surface area contributed by atoms with E-state index in [1.165, 1.54) is 11.4 Å². The van der Waals surface area contributed by atoms with Gasteiger partial charge < -0.3 is 5.73 Å². The summed E-state index contributed by atoms with van der Waals surface area (Å²) in [6.07, 6.45) is 1.82. The molecular weight excluding hydrogens is 257 g/mol. The molecule has 2 N–H and O–H groups in total. The molecule has 1 nitrogen and oxygen atoms in total. The van der Waals surface area contributed by atoms with Crippen molar-refractivity contribution >= 4 is 23.2 Å². The minimum atomic E-state index is -0.268. The Morgan fingerprint density at radius 3 is 2.47 bits per heavy atom. The van der Waals surface area contributed by atoms with E-state index in [1.54, 1.807) is 13.0 Å². The first-order valence-corrected chi connectivity index (χ1v) is 6.39. The number of benzene rings is 1. The summed E-state index contributed by atoms with van der Waals surface area (Å²) in [6.45, 7) is 9.43. The van der Waals surface area contributed by atoms with Crippen LogP contribution in [0.25, 0.3) is 5.57 Å². The van der Waals surface area contributed by atoms with Gasteiger partial charge in [-0.15, -0.1) is 0 Å². The van der Waals surface area contributed by atoms with Crippen molar-refractivity contribution in [1.29, 1.82) is 0 Å². The average Bonchev–Trinajstić information content (AvgIpc) is 2.34. The van der Waals surface area contributed by atoms with Crippen LogP contribution in [0.15, 0.2) is 47.7 Å². The monoisotopic (exact) mass is 275 g/mol. The lowest BCUT2D eigenvalue weighted by Crippen LogP contribution is -1.98. The van der Waals surface area contributed by atoms with Gasteiger partial charge >= 0.3 is 0 Å². The van der Waals surface area contributed by atoms with Gasteiger partial charge in [-0.25, -0.2) is 4.39 Å². The van der Waals surface area contributed by atoms with E-state index in [4.69, 9.17) is 18.0 Å². The van der Waals surface area contributed by atoms with Crippen LogP contribution >= 0.6 is 12.2 Å². The molecule has 0 aromatic heterocycles. The van der Waals surface area contributed by atoms with Crippen molar-refractivity contribution in [2.75, 3.05) is 0 Å². The molecule has 0 aliphatic heterocycles. The van der Waals surface area contributed by atoms with Gasteiger partial charge in [-0.3, -0.25) is 0 Å². The molecule has 0 radical (unpaired) electrons. The van der Waals surface area contributed by atoms with E-state index in [-0.39, 0.29) is 5.82 Å². The highest BCUT2D eigenvalue weighted by Crippen LogP contribution is 2.25. The Morgan fingerprint density at radius 1 is 1.37 bits per heavy atom. The number of halogens is 1. The Kier molecular flexibility index (Phi) is 5.19. The van der Waals surface area contributed by atoms with Crippen LogP contribution < -0.4 is 5.73 Å². The zero-order chi connectivity index (χ0) is 14.6. The molecule has 0 amide bonds. The third kappa shape index (κ3) is 3.86. The first-order chi connectivity index (χ1) is 8.86. The molecular formula is C16H18FNS. The lowest BCUT2D eigenvalue weighted by Gasteiger charge is -2.09. The van der Waals surface area contributed by atoms with E-state index in [1.807, 2.05) is 26.0 Å². The molecule has 0 saturated heterocycles. The molecule has 1 rings (SSSR count). The van der Waals surface area contributed by atoms with Crippen LogP contribution in [0.2, 0.25) is 0 Å². The first kappa shape index (κ1) is 15.3. The van der Waals surface area contributed by atoms with Gasteiger partial charge in [0.15, 0.2) is 0 Å². The maximum Gasteiger partial charge on any atom is 0.131 e. The van der Waals surface area contributed by atoms with Gasteiger partial charge in [0.2, 0.25) is 0 Å². The molecule has 0 heterocycles. The number of allylic oxidation sites excluding steroid dienone is 5. The predicted molar refractivity (Wildman–Crippen MR) is 84.5 cm³/mol. The highest BCUT2D eigenvalue weighted by Gasteiger charge is 2.08. The second-order valence-electron chi connectivity index (χ2n) is 4.55. The Balaban J connectivity index is 3.16. The average molecular weight is 275 g/mol. The SMILES string of the molecule is C=C(/C(C)=C\C(C=S)=C(/C)N)c1ccc(C)cc1F. The van der Waals surface area contributed by atoms with Gasteiger partial charge in [-0.1, -0.05) is 30.9 Å². The van der Waals surface area contributed by atoms with Gasteiger partial charge in [-0.05, 0) is 49.6 Å². The maximum atomic E-state index is 13.9. The largest absolute Gasteiger partial charge is 0.402 e. The second-order valence-corrected chi connectivity index (χ2v) is 4.78. The van der Waals surface area contributed by atoms with Crippen LogP contribution in [0.3, 0.4) is 0 Å². The highest BCUT2D eigenvalue weighted by molar-refractivity contribution is 7.79. The Bertz CT molecular complexity index is 578. The number of aryl methyl sites for hydroxylation is 1. The summed E-state index contributed by atoms with van der Waals surface area (Å²) in [7, 11) is 0. The predicted octanol–water partition coefficient (Wildman–Crippen LogP) is 4.33. The van der Waals surface area contributed by atoms with E-state index in [0.717, 1.165) is 16.7 Å². The molecule has 0 spiro atoms. The normalized spacial score (nSPS) is 12.9. The van der Waals surface area contributed by atoms with Crippen molar-refractivity contribution in [3.8, 4) is 0 Å². The third-order valence-electron chi connectivity index (χ3n) is 2.88. The molecule has 19 heavy (non-hydrogen) atoms. The van der Waals surface area contributed by atoms with Crippen molar-refractivity contribution in [1.82, 2.24) is 0 Å². The van der Waals surface area contributed by atoms with Gasteiger partial charge in [0.05, 0.1) is 0 Å². The first-order valence-electron chi connectivity index (χ1n) is 5.92. The minimum Gasteiger partial charge on any atom is -0.402 e. The van der Waals surface area contributed by atoms with Gasteiger partial charge in [-0.2, -0.15) is 0 Å². The quantitative estimate of drug-likeness (QED) is 0.503. The van der Waals surface area contributed by atoms with Gasteiger partial charge in [0.1, 0.15) is 5.82 Å². The zero-order valence-corrected chi connectivity index (χ0v) is 12.3. The number of thiocarbonyl (C=S) groups is 1. The van der Waals surface area contributed by atoms with Crippen LogP contribution in [0.1, 0.15) is 25.0 Å². The zero-order valence-electron chi connectivity index (χ0n) is 11.5. The number of hydrogen-bond acceptors (Lipinski definition) is 2. The second kappa shape index (κ2) is 6.43. The van der Waals surface area contributed by atoms with Crippen molar-refractivity contribution in [2.45, 2.75) is 20.8 Å². The lowest BCUT2D eigenvalue weighted by molar-refractivity contribution is 0.623. The van der Waals surface area contributed by atoms with E-state index >= 15 is 0 Å². The molecule has 1 aromatic rings. The summed E-state index contributed by atoms with van der Waals surface area (Å²) in [5.74, 6) is -0.268. The minimum absolute atomic E-state index is 0.268. The summed E-state index contributed by atoms with van der Waals surface area (Å²) in [6, 6.07) is 5.10. The molecule has 0 unspecified atom stereocenters. The Hall–Kier alpha value is -1.74. The molecule has 1 aromatic carbocycles. The number of nitrogens with two attached hydrogens (primary N) is 1. The summed E-state index contributed by atoms with van der Waals surface area (Å²) in [5.41, 5.74) is 9.95. The van der Waals surface area contributed by atoms with Crippen molar-refractivity contribution in [3.05, 3.63) is 64.6 Å². The highest BCUT2D eigenvalue weighted by atomic mass is 32.1. The Labute approximate surface area is 119 Å². The van der Waals surface area contributed by atoms with E-state index in [9.17, 15) is 4.39 Å². The number of rotatable bonds is 4. The molecule has 0 saturated carbocycles. The smallest absolute Gasteiger partial charge is 0.131 e. The molecule has 3 heteroatoms. The summed E-state index contributed by atoms with van der Waals surface area (Å²) < 4.78 is 13.9. The van der Waals surface area contributed by atoms with Crippen LogP contribution in [0.5, 0.6) is 0 Å². The van der Waals surface area contributed by atoms with E-state index in [0.29, 0.717) is 16.8 Å². The standard InChI is InChI=1S/C16H18FNS/c1-10-5-6-15(16(17)7-10)12(3)11(2)8-14(9-19)13(4)18/h5-9H,3,18H2,1-2,4H3/b11-8-,14-13-. The van der Waals surface area contributed by atoms with Crippen LogP contribution in [-0.2, 0) is 0 Å². The third-order valence-corrected chi connectivity index (χ3v) is 3.13. The van der Waals surface area contributed by atoms with Crippen molar-refractivity contribution in [2.24, 2.45) is 5.73 Å². The van der Waals surface area contributed by atoms with Gasteiger partial charge in [0.25, 0.3) is 0 Å². The number of hydrogen-bond donors (Lipinski definition) is 1. The fourth-order valence-electron chi connectivity index (χ4n) is 1.64. The van der Waals surface area contributed by atoms with Gasteiger partial charge in [0, 0.05) is 22.2 Å². The molecule has 0 aliphatic carbocycles. The van der Waals surface area contributed by atoms with E-state index in [2.05, 4.69) is 6.58 Å². The molecule has 0 aliphatic rings. The van der Waals surface area contributed by atoms with E-state index < -0.39 is 0 Å². The van der Waals surface area contributed by atoms with Crippen LogP contribution in [0.4, 0.5) is 4.39 Å². The Morgan fingerprint density at radius 2 is 2.00 bits per heavy atom. The summed E-state index contributed by atoms with van der Waals surface area (Å²) >= 11 is 4.90. The summed E-state index contributed by atoms with van der Waals surface area (Å²) in [4.78, 5) is 0. The van der Waals surface area contributed by atoms with Crippen molar-refractivity contribution < 1.29 is 4.39 Å². The fraction of sp³-hybridized carbons (Fsp3) is 0.188. The lowest BCUT2D eigenvalue weighted by atomic mass is 9.97.